The number of hydrogen-bond acceptors (Lipinski definition) is 5. The molecule has 0 atom stereocenters. The van der Waals surface area contributed by atoms with Gasteiger partial charge < -0.3 is 19.5 Å². The van der Waals surface area contributed by atoms with Crippen LogP contribution in [0.15, 0.2) is 46.9 Å². The highest BCUT2D eigenvalue weighted by Gasteiger charge is 2.10. The van der Waals surface area contributed by atoms with E-state index in [4.69, 9.17) is 14.2 Å². The Morgan fingerprint density at radius 1 is 1.00 bits per heavy atom. The van der Waals surface area contributed by atoms with Gasteiger partial charge in [0.15, 0.2) is 13.2 Å². The summed E-state index contributed by atoms with van der Waals surface area (Å²) in [6, 6.07) is 12.4. The summed E-state index contributed by atoms with van der Waals surface area (Å²) < 4.78 is 16.5. The van der Waals surface area contributed by atoms with Crippen molar-refractivity contribution in [1.29, 1.82) is 0 Å². The standard InChI is InChI=1S/C19H20BrNO5/c1-3-24-15-5-7-16(8-6-15)25-12-19(23)26-11-18(22)21-17-9-4-14(20)10-13(17)2/h4-10H,3,11-12H2,1-2H3,(H,21,22). The average molecular weight is 422 g/mol. The molecule has 26 heavy (non-hydrogen) atoms. The van der Waals surface area contributed by atoms with Gasteiger partial charge in [0.1, 0.15) is 11.5 Å². The molecule has 0 aliphatic heterocycles. The Bertz CT molecular complexity index is 761. The van der Waals surface area contributed by atoms with Crippen LogP contribution in [-0.2, 0) is 14.3 Å². The molecule has 2 aromatic carbocycles. The number of anilines is 1. The van der Waals surface area contributed by atoms with Gasteiger partial charge in [-0.3, -0.25) is 4.79 Å². The van der Waals surface area contributed by atoms with E-state index in [1.807, 2.05) is 26.0 Å². The van der Waals surface area contributed by atoms with Crippen LogP contribution in [0.2, 0.25) is 0 Å². The summed E-state index contributed by atoms with van der Waals surface area (Å²) in [6.45, 7) is 3.69. The quantitative estimate of drug-likeness (QED) is 0.657. The van der Waals surface area contributed by atoms with Gasteiger partial charge in [-0.05, 0) is 61.9 Å². The number of hydrogen-bond donors (Lipinski definition) is 1. The highest BCUT2D eigenvalue weighted by atomic mass is 79.9. The van der Waals surface area contributed by atoms with Crippen molar-refractivity contribution in [3.63, 3.8) is 0 Å². The molecule has 0 aliphatic carbocycles. The summed E-state index contributed by atoms with van der Waals surface area (Å²) in [4.78, 5) is 23.6. The first-order valence-corrected chi connectivity index (χ1v) is 8.84. The van der Waals surface area contributed by atoms with Crippen molar-refractivity contribution >= 4 is 33.5 Å². The molecule has 0 saturated carbocycles. The summed E-state index contributed by atoms with van der Waals surface area (Å²) >= 11 is 3.36. The fourth-order valence-electron chi connectivity index (χ4n) is 2.08. The first kappa shape index (κ1) is 19.8. The van der Waals surface area contributed by atoms with Crippen molar-refractivity contribution in [2.45, 2.75) is 13.8 Å². The van der Waals surface area contributed by atoms with E-state index < -0.39 is 11.9 Å². The Morgan fingerprint density at radius 3 is 2.27 bits per heavy atom. The molecule has 0 bridgehead atoms. The lowest BCUT2D eigenvalue weighted by molar-refractivity contribution is -0.149. The number of carbonyl (C=O) groups excluding carboxylic acids is 2. The molecule has 0 unspecified atom stereocenters. The van der Waals surface area contributed by atoms with E-state index in [1.54, 1.807) is 30.3 Å². The second kappa shape index (κ2) is 9.82. The molecule has 0 radical (unpaired) electrons. The number of nitrogens with one attached hydrogen (secondary N) is 1. The highest BCUT2D eigenvalue weighted by molar-refractivity contribution is 9.10. The Hall–Kier alpha value is -2.54. The molecule has 2 rings (SSSR count). The molecule has 0 aliphatic rings. The Balaban J connectivity index is 1.73. The number of amides is 1. The van der Waals surface area contributed by atoms with Crippen LogP contribution >= 0.6 is 15.9 Å². The van der Waals surface area contributed by atoms with Gasteiger partial charge in [0.25, 0.3) is 5.91 Å². The molecule has 1 amide bonds. The molecule has 6 nitrogen and oxygen atoms in total. The van der Waals surface area contributed by atoms with Crippen molar-refractivity contribution < 1.29 is 23.8 Å². The summed E-state index contributed by atoms with van der Waals surface area (Å²) in [6.07, 6.45) is 0. The summed E-state index contributed by atoms with van der Waals surface area (Å²) in [5.41, 5.74) is 1.57. The lowest BCUT2D eigenvalue weighted by Crippen LogP contribution is -2.24. The Labute approximate surface area is 160 Å². The molecule has 1 N–H and O–H groups in total. The van der Waals surface area contributed by atoms with Crippen LogP contribution < -0.4 is 14.8 Å². The monoisotopic (exact) mass is 421 g/mol. The van der Waals surface area contributed by atoms with Gasteiger partial charge >= 0.3 is 5.97 Å². The van der Waals surface area contributed by atoms with E-state index in [0.717, 1.165) is 15.8 Å². The third-order valence-corrected chi connectivity index (χ3v) is 3.81. The fraction of sp³-hybridized carbons (Fsp3) is 0.263. The number of aryl methyl sites for hydroxylation is 1. The van der Waals surface area contributed by atoms with Gasteiger partial charge in [-0.2, -0.15) is 0 Å². The predicted octanol–water partition coefficient (Wildman–Crippen LogP) is 3.72. The van der Waals surface area contributed by atoms with E-state index in [-0.39, 0.29) is 13.2 Å². The SMILES string of the molecule is CCOc1ccc(OCC(=O)OCC(=O)Nc2ccc(Br)cc2C)cc1. The molecule has 0 spiro atoms. The highest BCUT2D eigenvalue weighted by Crippen LogP contribution is 2.20. The first-order valence-electron chi connectivity index (χ1n) is 8.05. The number of benzene rings is 2. The van der Waals surface area contributed by atoms with Crippen LogP contribution in [-0.4, -0.2) is 31.7 Å². The van der Waals surface area contributed by atoms with E-state index >= 15 is 0 Å². The largest absolute Gasteiger partial charge is 0.494 e. The smallest absolute Gasteiger partial charge is 0.344 e. The molecule has 7 heteroatoms. The number of carbonyl (C=O) groups is 2. The predicted molar refractivity (Wildman–Crippen MR) is 102 cm³/mol. The van der Waals surface area contributed by atoms with Crippen molar-refractivity contribution in [3.8, 4) is 11.5 Å². The zero-order valence-corrected chi connectivity index (χ0v) is 16.2. The Morgan fingerprint density at radius 2 is 1.65 bits per heavy atom. The van der Waals surface area contributed by atoms with Crippen molar-refractivity contribution in [2.24, 2.45) is 0 Å². The van der Waals surface area contributed by atoms with Crippen LogP contribution in [0.3, 0.4) is 0 Å². The fourth-order valence-corrected chi connectivity index (χ4v) is 2.56. The minimum absolute atomic E-state index is 0.279. The maximum Gasteiger partial charge on any atom is 0.344 e. The third-order valence-electron chi connectivity index (χ3n) is 3.32. The van der Waals surface area contributed by atoms with Gasteiger partial charge in [0, 0.05) is 10.2 Å². The molecule has 0 saturated heterocycles. The van der Waals surface area contributed by atoms with Crippen LogP contribution in [0.5, 0.6) is 11.5 Å². The van der Waals surface area contributed by atoms with Gasteiger partial charge in [0.05, 0.1) is 6.61 Å². The molecule has 0 aromatic heterocycles. The minimum Gasteiger partial charge on any atom is -0.494 e. The Kier molecular flexibility index (Phi) is 7.47. The molecular formula is C19H20BrNO5. The first-order chi connectivity index (χ1) is 12.5. The number of halogens is 1. The molecule has 138 valence electrons. The molecule has 2 aromatic rings. The number of esters is 1. The van der Waals surface area contributed by atoms with Crippen LogP contribution in [0, 0.1) is 6.92 Å². The third kappa shape index (κ3) is 6.40. The van der Waals surface area contributed by atoms with E-state index in [2.05, 4.69) is 21.2 Å². The van der Waals surface area contributed by atoms with Crippen molar-refractivity contribution in [1.82, 2.24) is 0 Å². The number of ether oxygens (including phenoxy) is 3. The van der Waals surface area contributed by atoms with E-state index in [1.165, 1.54) is 0 Å². The van der Waals surface area contributed by atoms with Gasteiger partial charge in [0.2, 0.25) is 0 Å². The normalized spacial score (nSPS) is 10.1. The van der Waals surface area contributed by atoms with Gasteiger partial charge in [-0.1, -0.05) is 15.9 Å². The average Bonchev–Trinajstić information content (AvgIpc) is 2.62. The van der Waals surface area contributed by atoms with E-state index in [0.29, 0.717) is 18.0 Å². The van der Waals surface area contributed by atoms with Crippen LogP contribution in [0.1, 0.15) is 12.5 Å². The molecular weight excluding hydrogens is 402 g/mol. The van der Waals surface area contributed by atoms with Gasteiger partial charge in [-0.15, -0.1) is 0 Å². The maximum absolute atomic E-state index is 11.9. The van der Waals surface area contributed by atoms with Crippen LogP contribution in [0.25, 0.3) is 0 Å². The van der Waals surface area contributed by atoms with Crippen molar-refractivity contribution in [3.05, 3.63) is 52.5 Å². The van der Waals surface area contributed by atoms with Gasteiger partial charge in [-0.25, -0.2) is 4.79 Å². The zero-order valence-electron chi connectivity index (χ0n) is 14.6. The maximum atomic E-state index is 11.9. The van der Waals surface area contributed by atoms with Crippen molar-refractivity contribution in [2.75, 3.05) is 25.1 Å². The lowest BCUT2D eigenvalue weighted by atomic mass is 10.2. The summed E-state index contributed by atoms with van der Waals surface area (Å²) in [5.74, 6) is 0.203. The van der Waals surface area contributed by atoms with Crippen LogP contribution in [0.4, 0.5) is 5.69 Å². The minimum atomic E-state index is -0.624. The second-order valence-corrected chi connectivity index (χ2v) is 6.28. The summed E-state index contributed by atoms with van der Waals surface area (Å²) in [5, 5.41) is 2.69. The van der Waals surface area contributed by atoms with E-state index in [9.17, 15) is 9.59 Å². The molecule has 0 fully saturated rings. The topological polar surface area (TPSA) is 73.9 Å². The number of rotatable bonds is 8. The zero-order chi connectivity index (χ0) is 18.9. The summed E-state index contributed by atoms with van der Waals surface area (Å²) in [7, 11) is 0. The lowest BCUT2D eigenvalue weighted by Gasteiger charge is -2.10. The molecule has 0 heterocycles. The second-order valence-electron chi connectivity index (χ2n) is 5.36.